The molecule has 122 valence electrons. The molecule has 0 aliphatic heterocycles. The number of pyridine rings is 1. The smallest absolute Gasteiger partial charge is 0.256 e. The molecular formula is C18H22N2O3. The molecule has 1 saturated carbocycles. The first-order valence-corrected chi connectivity index (χ1v) is 8.07. The molecule has 0 bridgehead atoms. The highest BCUT2D eigenvalue weighted by molar-refractivity contribution is 6.05. The van der Waals surface area contributed by atoms with Crippen molar-refractivity contribution in [1.82, 2.24) is 4.98 Å². The van der Waals surface area contributed by atoms with Crippen molar-refractivity contribution in [3.63, 3.8) is 0 Å². The highest BCUT2D eigenvalue weighted by atomic mass is 16.5. The number of carbonyl (C=O) groups is 1. The van der Waals surface area contributed by atoms with Gasteiger partial charge in [-0.1, -0.05) is 0 Å². The minimum absolute atomic E-state index is 0.0628. The summed E-state index contributed by atoms with van der Waals surface area (Å²) in [6, 6.07) is 7.47. The number of aromatic nitrogens is 1. The van der Waals surface area contributed by atoms with E-state index in [2.05, 4.69) is 10.3 Å². The molecule has 5 heteroatoms. The Morgan fingerprint density at radius 2 is 2.09 bits per heavy atom. The van der Waals surface area contributed by atoms with Crippen LogP contribution in [0, 0.1) is 0 Å². The molecule has 1 fully saturated rings. The minimum atomic E-state index is -0.691. The van der Waals surface area contributed by atoms with E-state index in [1.54, 1.807) is 13.3 Å². The standard InChI is InChI=1S/C18H22N2O3/c1-3-23-18(10-4-5-11-18)17(21)20-14-8-9-15(22-2)16-13(14)7-6-12-19-16/h6-9,12H,3-5,10-11H2,1-2H3,(H,20,21). The van der Waals surface area contributed by atoms with Gasteiger partial charge in [-0.3, -0.25) is 9.78 Å². The van der Waals surface area contributed by atoms with E-state index in [4.69, 9.17) is 9.47 Å². The number of benzene rings is 1. The van der Waals surface area contributed by atoms with Crippen LogP contribution in [0.3, 0.4) is 0 Å². The van der Waals surface area contributed by atoms with Crippen LogP contribution in [0.2, 0.25) is 0 Å². The number of nitrogens with zero attached hydrogens (tertiary/aromatic N) is 1. The lowest BCUT2D eigenvalue weighted by Crippen LogP contribution is -2.43. The summed E-state index contributed by atoms with van der Waals surface area (Å²) in [5.41, 5.74) is 0.790. The lowest BCUT2D eigenvalue weighted by Gasteiger charge is -2.27. The summed E-state index contributed by atoms with van der Waals surface area (Å²) in [5, 5.41) is 3.91. The van der Waals surface area contributed by atoms with Gasteiger partial charge in [-0.25, -0.2) is 0 Å². The van der Waals surface area contributed by atoms with Crippen LogP contribution in [0.25, 0.3) is 10.9 Å². The number of rotatable bonds is 5. The normalized spacial score (nSPS) is 16.4. The van der Waals surface area contributed by atoms with Gasteiger partial charge >= 0.3 is 0 Å². The molecule has 1 amide bonds. The topological polar surface area (TPSA) is 60.5 Å². The Kier molecular flexibility index (Phi) is 4.48. The van der Waals surface area contributed by atoms with Gasteiger partial charge in [-0.05, 0) is 56.9 Å². The van der Waals surface area contributed by atoms with Gasteiger partial charge in [0.15, 0.2) is 0 Å². The van der Waals surface area contributed by atoms with Gasteiger partial charge in [0.05, 0.1) is 12.8 Å². The first kappa shape index (κ1) is 15.7. The summed E-state index contributed by atoms with van der Waals surface area (Å²) in [4.78, 5) is 17.2. The molecule has 1 aromatic heterocycles. The molecular weight excluding hydrogens is 292 g/mol. The molecule has 2 aromatic rings. The van der Waals surface area contributed by atoms with Crippen LogP contribution < -0.4 is 10.1 Å². The molecule has 23 heavy (non-hydrogen) atoms. The van der Waals surface area contributed by atoms with Gasteiger partial charge in [-0.15, -0.1) is 0 Å². The minimum Gasteiger partial charge on any atom is -0.494 e. The third-order valence-electron chi connectivity index (χ3n) is 4.45. The third-order valence-corrected chi connectivity index (χ3v) is 4.45. The Bertz CT molecular complexity index is 708. The van der Waals surface area contributed by atoms with E-state index in [1.807, 2.05) is 31.2 Å². The molecule has 0 radical (unpaired) electrons. The zero-order chi connectivity index (χ0) is 16.3. The SMILES string of the molecule is CCOC1(C(=O)Nc2ccc(OC)c3ncccc23)CCCC1. The maximum Gasteiger partial charge on any atom is 0.256 e. The van der Waals surface area contributed by atoms with Gasteiger partial charge in [0.25, 0.3) is 5.91 Å². The van der Waals surface area contributed by atoms with E-state index in [-0.39, 0.29) is 5.91 Å². The summed E-state index contributed by atoms with van der Waals surface area (Å²) in [6.45, 7) is 2.47. The predicted molar refractivity (Wildman–Crippen MR) is 89.7 cm³/mol. The van der Waals surface area contributed by atoms with Gasteiger partial charge in [0, 0.05) is 18.2 Å². The van der Waals surface area contributed by atoms with Crippen molar-refractivity contribution in [2.75, 3.05) is 19.0 Å². The molecule has 5 nitrogen and oxygen atoms in total. The summed E-state index contributed by atoms with van der Waals surface area (Å²) in [7, 11) is 1.62. The number of amides is 1. The molecule has 1 N–H and O–H groups in total. The molecule has 0 atom stereocenters. The molecule has 1 heterocycles. The number of ether oxygens (including phenoxy) is 2. The maximum atomic E-state index is 12.8. The fourth-order valence-corrected chi connectivity index (χ4v) is 3.32. The second-order valence-corrected chi connectivity index (χ2v) is 5.80. The number of nitrogens with one attached hydrogen (secondary N) is 1. The first-order valence-electron chi connectivity index (χ1n) is 8.07. The van der Waals surface area contributed by atoms with Crippen molar-refractivity contribution in [3.05, 3.63) is 30.5 Å². The molecule has 0 spiro atoms. The van der Waals surface area contributed by atoms with Crippen molar-refractivity contribution in [2.24, 2.45) is 0 Å². The Morgan fingerprint density at radius 1 is 1.30 bits per heavy atom. The van der Waals surface area contributed by atoms with Crippen molar-refractivity contribution in [2.45, 2.75) is 38.2 Å². The van der Waals surface area contributed by atoms with Crippen LogP contribution in [0.1, 0.15) is 32.6 Å². The summed E-state index contributed by atoms with van der Waals surface area (Å²) >= 11 is 0. The van der Waals surface area contributed by atoms with E-state index in [0.717, 1.165) is 42.3 Å². The highest BCUT2D eigenvalue weighted by Gasteiger charge is 2.42. The Hall–Kier alpha value is -2.14. The second kappa shape index (κ2) is 6.54. The molecule has 3 rings (SSSR count). The number of hydrogen-bond acceptors (Lipinski definition) is 4. The Labute approximate surface area is 136 Å². The van der Waals surface area contributed by atoms with Gasteiger partial charge in [0.2, 0.25) is 0 Å². The lowest BCUT2D eigenvalue weighted by atomic mass is 10.0. The van der Waals surface area contributed by atoms with Gasteiger partial charge < -0.3 is 14.8 Å². The number of anilines is 1. The van der Waals surface area contributed by atoms with Gasteiger partial charge in [-0.2, -0.15) is 0 Å². The monoisotopic (exact) mass is 314 g/mol. The maximum absolute atomic E-state index is 12.8. The van der Waals surface area contributed by atoms with E-state index < -0.39 is 5.60 Å². The highest BCUT2D eigenvalue weighted by Crippen LogP contribution is 2.36. The van der Waals surface area contributed by atoms with Crippen LogP contribution in [-0.4, -0.2) is 30.2 Å². The van der Waals surface area contributed by atoms with E-state index in [9.17, 15) is 4.79 Å². The molecule has 1 aromatic carbocycles. The first-order chi connectivity index (χ1) is 11.2. The number of hydrogen-bond donors (Lipinski definition) is 1. The number of methoxy groups -OCH3 is 1. The van der Waals surface area contributed by atoms with Crippen LogP contribution in [0.15, 0.2) is 30.5 Å². The summed E-state index contributed by atoms with van der Waals surface area (Å²) < 4.78 is 11.2. The lowest BCUT2D eigenvalue weighted by molar-refractivity contribution is -0.140. The van der Waals surface area contributed by atoms with Crippen LogP contribution >= 0.6 is 0 Å². The second-order valence-electron chi connectivity index (χ2n) is 5.80. The Morgan fingerprint density at radius 3 is 2.78 bits per heavy atom. The molecule has 0 unspecified atom stereocenters. The largest absolute Gasteiger partial charge is 0.494 e. The van der Waals surface area contributed by atoms with Crippen LogP contribution in [-0.2, 0) is 9.53 Å². The van der Waals surface area contributed by atoms with Crippen LogP contribution in [0.4, 0.5) is 5.69 Å². The van der Waals surface area contributed by atoms with Crippen molar-refractivity contribution >= 4 is 22.5 Å². The summed E-state index contributed by atoms with van der Waals surface area (Å²) in [6.07, 6.45) is 5.32. The molecule has 1 aliphatic carbocycles. The average molecular weight is 314 g/mol. The fraction of sp³-hybridized carbons (Fsp3) is 0.444. The van der Waals surface area contributed by atoms with E-state index in [0.29, 0.717) is 12.4 Å². The van der Waals surface area contributed by atoms with Crippen LogP contribution in [0.5, 0.6) is 5.75 Å². The van der Waals surface area contributed by atoms with E-state index in [1.165, 1.54) is 0 Å². The molecule has 1 aliphatic rings. The number of fused-ring (bicyclic) bond motifs is 1. The van der Waals surface area contributed by atoms with Crippen molar-refractivity contribution in [3.8, 4) is 5.75 Å². The summed E-state index contributed by atoms with van der Waals surface area (Å²) in [5.74, 6) is 0.631. The molecule has 0 saturated heterocycles. The average Bonchev–Trinajstić information content (AvgIpc) is 3.05. The third kappa shape index (κ3) is 2.88. The zero-order valence-electron chi connectivity index (χ0n) is 13.6. The van der Waals surface area contributed by atoms with Gasteiger partial charge in [0.1, 0.15) is 16.9 Å². The zero-order valence-corrected chi connectivity index (χ0v) is 13.6. The van der Waals surface area contributed by atoms with E-state index >= 15 is 0 Å². The van der Waals surface area contributed by atoms with Crippen molar-refractivity contribution < 1.29 is 14.3 Å². The quantitative estimate of drug-likeness (QED) is 0.917. The van der Waals surface area contributed by atoms with Crippen molar-refractivity contribution in [1.29, 1.82) is 0 Å². The Balaban J connectivity index is 1.94. The number of carbonyl (C=O) groups excluding carboxylic acids is 1. The fourth-order valence-electron chi connectivity index (χ4n) is 3.32. The predicted octanol–water partition coefficient (Wildman–Crippen LogP) is 3.53.